The maximum absolute atomic E-state index is 6.17. The van der Waals surface area contributed by atoms with Crippen molar-refractivity contribution in [2.24, 2.45) is 0 Å². The molecule has 0 amide bonds. The Hall–Kier alpha value is -0.510. The smallest absolute Gasteiger partial charge is 0.108 e. The Morgan fingerprint density at radius 1 is 1.29 bits per heavy atom. The van der Waals surface area contributed by atoms with Crippen molar-refractivity contribution in [3.63, 3.8) is 0 Å². The third kappa shape index (κ3) is 2.51. The van der Waals surface area contributed by atoms with Crippen LogP contribution < -0.4 is 0 Å². The summed E-state index contributed by atoms with van der Waals surface area (Å²) < 4.78 is 0.955. The number of hydrogen-bond donors (Lipinski definition) is 1. The largest absolute Gasteiger partial charge is 0.281 e. The summed E-state index contributed by atoms with van der Waals surface area (Å²) in [5, 5.41) is 8.54. The average molecular weight is 334 g/mol. The minimum absolute atomic E-state index is 0.372. The normalized spacial score (nSPS) is 11.2. The third-order valence-electron chi connectivity index (χ3n) is 2.50. The van der Waals surface area contributed by atoms with Crippen molar-refractivity contribution in [1.29, 1.82) is 0 Å². The van der Waals surface area contributed by atoms with Crippen LogP contribution in [0.25, 0.3) is 11.3 Å². The van der Waals surface area contributed by atoms with Gasteiger partial charge in [0.25, 0.3) is 0 Å². The number of H-pyrrole nitrogens is 1. The van der Waals surface area contributed by atoms with Crippen LogP contribution in [0.15, 0.2) is 22.7 Å². The van der Waals surface area contributed by atoms with E-state index in [0.717, 1.165) is 21.4 Å². The summed E-state index contributed by atoms with van der Waals surface area (Å²) in [5.41, 5.74) is 2.74. The molecule has 2 nitrogen and oxygen atoms in total. The molecular formula is C12H11BrCl2N2. The van der Waals surface area contributed by atoms with E-state index < -0.39 is 0 Å². The molecule has 0 aliphatic rings. The van der Waals surface area contributed by atoms with E-state index in [2.05, 4.69) is 40.0 Å². The van der Waals surface area contributed by atoms with Gasteiger partial charge in [-0.2, -0.15) is 5.10 Å². The standard InChI is InChI=1S/C12H11BrCl2N2/c1-6(2)11-10(13)12(17-16-11)8-4-3-7(14)5-9(8)15/h3-6H,1-2H3,(H,16,17). The molecule has 2 rings (SSSR count). The molecular weight excluding hydrogens is 323 g/mol. The molecule has 0 radical (unpaired) electrons. The first-order chi connectivity index (χ1) is 8.00. The van der Waals surface area contributed by atoms with Gasteiger partial charge in [0, 0.05) is 10.6 Å². The minimum Gasteiger partial charge on any atom is -0.281 e. The van der Waals surface area contributed by atoms with Gasteiger partial charge in [-0.05, 0) is 40.0 Å². The van der Waals surface area contributed by atoms with Gasteiger partial charge in [-0.1, -0.05) is 37.0 Å². The van der Waals surface area contributed by atoms with E-state index in [1.807, 2.05) is 6.07 Å². The van der Waals surface area contributed by atoms with Crippen LogP contribution in [0.1, 0.15) is 25.5 Å². The SMILES string of the molecule is CC(C)c1[nH]nc(-c2ccc(Cl)cc2Cl)c1Br. The van der Waals surface area contributed by atoms with Gasteiger partial charge in [0.05, 0.1) is 15.2 Å². The maximum atomic E-state index is 6.17. The molecule has 0 bridgehead atoms. The molecule has 0 atom stereocenters. The van der Waals surface area contributed by atoms with Crippen LogP contribution in [0.2, 0.25) is 10.0 Å². The van der Waals surface area contributed by atoms with Crippen LogP contribution in [-0.4, -0.2) is 10.2 Å². The van der Waals surface area contributed by atoms with Gasteiger partial charge < -0.3 is 0 Å². The summed E-state index contributed by atoms with van der Waals surface area (Å²) >= 11 is 15.6. The Morgan fingerprint density at radius 3 is 2.53 bits per heavy atom. The molecule has 2 aromatic rings. The summed E-state index contributed by atoms with van der Waals surface area (Å²) in [6.07, 6.45) is 0. The molecule has 90 valence electrons. The Bertz CT molecular complexity index is 549. The number of hydrogen-bond acceptors (Lipinski definition) is 1. The molecule has 0 saturated heterocycles. The fraction of sp³-hybridized carbons (Fsp3) is 0.250. The first kappa shape index (κ1) is 12.9. The monoisotopic (exact) mass is 332 g/mol. The molecule has 0 aliphatic heterocycles. The van der Waals surface area contributed by atoms with Crippen LogP contribution >= 0.6 is 39.1 Å². The van der Waals surface area contributed by atoms with Crippen molar-refractivity contribution in [1.82, 2.24) is 10.2 Å². The molecule has 1 aromatic heterocycles. The number of halogens is 3. The summed E-state index contributed by atoms with van der Waals surface area (Å²) in [4.78, 5) is 0. The Balaban J connectivity index is 2.54. The van der Waals surface area contributed by atoms with Gasteiger partial charge in [-0.15, -0.1) is 0 Å². The second-order valence-electron chi connectivity index (χ2n) is 4.08. The lowest BCUT2D eigenvalue weighted by atomic mass is 10.1. The van der Waals surface area contributed by atoms with Crippen LogP contribution in [0.5, 0.6) is 0 Å². The van der Waals surface area contributed by atoms with Gasteiger partial charge in [0.2, 0.25) is 0 Å². The zero-order chi connectivity index (χ0) is 12.6. The van der Waals surface area contributed by atoms with Crippen molar-refractivity contribution in [3.05, 3.63) is 38.4 Å². The van der Waals surface area contributed by atoms with E-state index in [1.54, 1.807) is 12.1 Å². The summed E-state index contributed by atoms with van der Waals surface area (Å²) in [6.45, 7) is 4.21. The molecule has 0 saturated carbocycles. The molecule has 0 aliphatic carbocycles. The number of benzene rings is 1. The topological polar surface area (TPSA) is 28.7 Å². The number of nitrogens with zero attached hydrogens (tertiary/aromatic N) is 1. The second-order valence-corrected chi connectivity index (χ2v) is 5.72. The zero-order valence-electron chi connectivity index (χ0n) is 9.39. The molecule has 1 heterocycles. The van der Waals surface area contributed by atoms with Gasteiger partial charge in [-0.25, -0.2) is 0 Å². The van der Waals surface area contributed by atoms with Gasteiger partial charge in [0.15, 0.2) is 0 Å². The zero-order valence-corrected chi connectivity index (χ0v) is 12.5. The quantitative estimate of drug-likeness (QED) is 0.796. The van der Waals surface area contributed by atoms with E-state index in [1.165, 1.54) is 0 Å². The first-order valence-corrected chi connectivity index (χ1v) is 6.74. The van der Waals surface area contributed by atoms with Crippen LogP contribution in [0, 0.1) is 0 Å². The fourth-order valence-corrected chi connectivity index (χ4v) is 2.93. The van der Waals surface area contributed by atoms with Gasteiger partial charge in [-0.3, -0.25) is 5.10 Å². The van der Waals surface area contributed by atoms with Crippen molar-refractivity contribution < 1.29 is 0 Å². The molecule has 17 heavy (non-hydrogen) atoms. The van der Waals surface area contributed by atoms with E-state index in [0.29, 0.717) is 16.0 Å². The Kier molecular flexibility index (Phi) is 3.81. The van der Waals surface area contributed by atoms with Crippen LogP contribution in [0.4, 0.5) is 0 Å². The lowest BCUT2D eigenvalue weighted by Gasteiger charge is -2.04. The second kappa shape index (κ2) is 5.01. The highest BCUT2D eigenvalue weighted by Crippen LogP contribution is 2.36. The summed E-state index contributed by atoms with van der Waals surface area (Å²) in [7, 11) is 0. The lowest BCUT2D eigenvalue weighted by Crippen LogP contribution is -1.87. The highest BCUT2D eigenvalue weighted by molar-refractivity contribution is 9.10. The number of aromatic nitrogens is 2. The Morgan fingerprint density at radius 2 is 2.00 bits per heavy atom. The van der Waals surface area contributed by atoms with E-state index in [4.69, 9.17) is 23.2 Å². The molecule has 1 aromatic carbocycles. The van der Waals surface area contributed by atoms with E-state index in [9.17, 15) is 0 Å². The molecule has 1 N–H and O–H groups in total. The minimum atomic E-state index is 0.372. The highest BCUT2D eigenvalue weighted by atomic mass is 79.9. The number of rotatable bonds is 2. The van der Waals surface area contributed by atoms with E-state index >= 15 is 0 Å². The van der Waals surface area contributed by atoms with Gasteiger partial charge in [0.1, 0.15) is 5.69 Å². The van der Waals surface area contributed by atoms with Crippen molar-refractivity contribution in [2.75, 3.05) is 0 Å². The maximum Gasteiger partial charge on any atom is 0.108 e. The first-order valence-electron chi connectivity index (χ1n) is 5.20. The third-order valence-corrected chi connectivity index (χ3v) is 3.85. The highest BCUT2D eigenvalue weighted by Gasteiger charge is 2.16. The average Bonchev–Trinajstić information content (AvgIpc) is 2.60. The molecule has 0 fully saturated rings. The van der Waals surface area contributed by atoms with Crippen molar-refractivity contribution in [2.45, 2.75) is 19.8 Å². The number of aromatic amines is 1. The summed E-state index contributed by atoms with van der Waals surface area (Å²) in [6, 6.07) is 5.39. The number of nitrogens with one attached hydrogen (secondary N) is 1. The molecule has 0 spiro atoms. The molecule has 5 heteroatoms. The van der Waals surface area contributed by atoms with E-state index in [-0.39, 0.29) is 0 Å². The lowest BCUT2D eigenvalue weighted by molar-refractivity contribution is 0.807. The summed E-state index contributed by atoms with van der Waals surface area (Å²) in [5.74, 6) is 0.372. The van der Waals surface area contributed by atoms with Crippen molar-refractivity contribution in [3.8, 4) is 11.3 Å². The van der Waals surface area contributed by atoms with Gasteiger partial charge >= 0.3 is 0 Å². The predicted octanol–water partition coefficient (Wildman–Crippen LogP) is 5.27. The Labute approximate surface area is 118 Å². The fourth-order valence-electron chi connectivity index (χ4n) is 1.58. The predicted molar refractivity (Wildman–Crippen MR) is 75.8 cm³/mol. The van der Waals surface area contributed by atoms with Crippen molar-refractivity contribution >= 4 is 39.1 Å². The molecule has 0 unspecified atom stereocenters. The van der Waals surface area contributed by atoms with Crippen LogP contribution in [0.3, 0.4) is 0 Å². The van der Waals surface area contributed by atoms with Crippen LogP contribution in [-0.2, 0) is 0 Å².